The molecule has 3 nitrogen and oxygen atoms in total. The van der Waals surface area contributed by atoms with E-state index in [1.807, 2.05) is 18.3 Å². The van der Waals surface area contributed by atoms with Crippen LogP contribution in [0.4, 0.5) is 0 Å². The summed E-state index contributed by atoms with van der Waals surface area (Å²) < 4.78 is 1.02. The molecule has 4 heteroatoms. The quantitative estimate of drug-likeness (QED) is 0.811. The van der Waals surface area contributed by atoms with Crippen LogP contribution in [0.3, 0.4) is 0 Å². The maximum Gasteiger partial charge on any atom is 0.0542 e. The summed E-state index contributed by atoms with van der Waals surface area (Å²) in [5.74, 6) is 0. The second kappa shape index (κ2) is 6.11. The lowest BCUT2D eigenvalue weighted by Gasteiger charge is -2.09. The second-order valence-corrected chi connectivity index (χ2v) is 4.36. The van der Waals surface area contributed by atoms with Crippen molar-refractivity contribution in [2.45, 2.75) is 6.54 Å². The molecule has 1 aromatic rings. The number of likely N-dealkylation sites (N-methyl/N-ethyl adjacent to an activating group) is 1. The van der Waals surface area contributed by atoms with Crippen molar-refractivity contribution in [3.63, 3.8) is 0 Å². The number of nitrogens with zero attached hydrogens (tertiary/aromatic N) is 2. The van der Waals surface area contributed by atoms with Crippen molar-refractivity contribution in [3.8, 4) is 0 Å². The molecule has 0 atom stereocenters. The van der Waals surface area contributed by atoms with Crippen LogP contribution in [0, 0.1) is 0 Å². The highest BCUT2D eigenvalue weighted by molar-refractivity contribution is 9.10. The molecule has 0 spiro atoms. The monoisotopic (exact) mass is 257 g/mol. The molecule has 0 saturated carbocycles. The minimum Gasteiger partial charge on any atom is -0.310 e. The van der Waals surface area contributed by atoms with Gasteiger partial charge >= 0.3 is 0 Å². The van der Waals surface area contributed by atoms with E-state index in [0.29, 0.717) is 0 Å². The van der Waals surface area contributed by atoms with Crippen LogP contribution in [0.2, 0.25) is 0 Å². The molecule has 0 fully saturated rings. The fourth-order valence-corrected chi connectivity index (χ4v) is 1.26. The number of aromatic nitrogens is 1. The maximum atomic E-state index is 4.27. The van der Waals surface area contributed by atoms with Gasteiger partial charge in [-0.15, -0.1) is 0 Å². The molecule has 0 aromatic carbocycles. The van der Waals surface area contributed by atoms with Crippen molar-refractivity contribution in [2.24, 2.45) is 0 Å². The van der Waals surface area contributed by atoms with Gasteiger partial charge in [-0.1, -0.05) is 0 Å². The Hall–Kier alpha value is -0.450. The third kappa shape index (κ3) is 4.69. The standard InChI is InChI=1S/C10H16BrN3/c1-14(2)6-5-12-8-10-4-3-9(11)7-13-10/h3-4,7,12H,5-6,8H2,1-2H3. The average Bonchev–Trinajstić information content (AvgIpc) is 2.15. The van der Waals surface area contributed by atoms with Crippen LogP contribution in [-0.4, -0.2) is 37.1 Å². The molecular weight excluding hydrogens is 242 g/mol. The van der Waals surface area contributed by atoms with E-state index in [-0.39, 0.29) is 0 Å². The first kappa shape index (κ1) is 11.6. The molecule has 1 aromatic heterocycles. The first-order chi connectivity index (χ1) is 6.68. The van der Waals surface area contributed by atoms with Crippen LogP contribution in [0.25, 0.3) is 0 Å². The molecule has 1 rings (SSSR count). The molecule has 1 N–H and O–H groups in total. The molecule has 0 amide bonds. The van der Waals surface area contributed by atoms with Gasteiger partial charge in [0.25, 0.3) is 0 Å². The van der Waals surface area contributed by atoms with Crippen LogP contribution < -0.4 is 5.32 Å². The largest absolute Gasteiger partial charge is 0.310 e. The summed E-state index contributed by atoms with van der Waals surface area (Å²) in [6.45, 7) is 2.88. The van der Waals surface area contributed by atoms with Gasteiger partial charge in [0, 0.05) is 30.3 Å². The lowest BCUT2D eigenvalue weighted by atomic mass is 10.3. The van der Waals surface area contributed by atoms with Crippen molar-refractivity contribution in [3.05, 3.63) is 28.5 Å². The van der Waals surface area contributed by atoms with Crippen molar-refractivity contribution in [1.29, 1.82) is 0 Å². The second-order valence-electron chi connectivity index (χ2n) is 3.45. The molecule has 0 radical (unpaired) electrons. The van der Waals surface area contributed by atoms with Crippen LogP contribution in [0.1, 0.15) is 5.69 Å². The van der Waals surface area contributed by atoms with Crippen molar-refractivity contribution < 1.29 is 0 Å². The van der Waals surface area contributed by atoms with Crippen molar-refractivity contribution >= 4 is 15.9 Å². The van der Waals surface area contributed by atoms with Gasteiger partial charge in [-0.05, 0) is 42.2 Å². The summed E-state index contributed by atoms with van der Waals surface area (Å²) in [5.41, 5.74) is 1.08. The number of pyridine rings is 1. The predicted octanol–water partition coefficient (Wildman–Crippen LogP) is 1.50. The average molecular weight is 258 g/mol. The molecular formula is C10H16BrN3. The van der Waals surface area contributed by atoms with Gasteiger partial charge in [0.2, 0.25) is 0 Å². The predicted molar refractivity (Wildman–Crippen MR) is 62.2 cm³/mol. The topological polar surface area (TPSA) is 28.2 Å². The summed E-state index contributed by atoms with van der Waals surface area (Å²) in [7, 11) is 4.14. The van der Waals surface area contributed by atoms with Gasteiger partial charge in [0.1, 0.15) is 0 Å². The zero-order valence-electron chi connectivity index (χ0n) is 8.63. The highest BCUT2D eigenvalue weighted by Gasteiger charge is 1.94. The maximum absolute atomic E-state index is 4.27. The Morgan fingerprint density at radius 3 is 2.79 bits per heavy atom. The van der Waals surface area contributed by atoms with Crippen molar-refractivity contribution in [1.82, 2.24) is 15.2 Å². The normalized spacial score (nSPS) is 10.9. The Morgan fingerprint density at radius 2 is 2.21 bits per heavy atom. The summed E-state index contributed by atoms with van der Waals surface area (Å²) in [5, 5.41) is 3.33. The molecule has 0 aliphatic rings. The first-order valence-corrected chi connectivity index (χ1v) is 5.43. The van der Waals surface area contributed by atoms with Crippen LogP contribution in [0.5, 0.6) is 0 Å². The van der Waals surface area contributed by atoms with E-state index in [4.69, 9.17) is 0 Å². The molecule has 0 bridgehead atoms. The van der Waals surface area contributed by atoms with E-state index in [9.17, 15) is 0 Å². The highest BCUT2D eigenvalue weighted by atomic mass is 79.9. The minimum atomic E-state index is 0.834. The number of rotatable bonds is 5. The summed E-state index contributed by atoms with van der Waals surface area (Å²) in [6, 6.07) is 4.03. The van der Waals surface area contributed by atoms with E-state index in [2.05, 4.69) is 45.2 Å². The number of nitrogens with one attached hydrogen (secondary N) is 1. The molecule has 0 saturated heterocycles. The third-order valence-corrected chi connectivity index (χ3v) is 2.30. The van der Waals surface area contributed by atoms with E-state index >= 15 is 0 Å². The Labute approximate surface area is 93.7 Å². The van der Waals surface area contributed by atoms with E-state index in [1.165, 1.54) is 0 Å². The lowest BCUT2D eigenvalue weighted by Crippen LogP contribution is -2.26. The zero-order chi connectivity index (χ0) is 10.4. The highest BCUT2D eigenvalue weighted by Crippen LogP contribution is 2.06. The molecule has 0 aliphatic carbocycles. The Bertz CT molecular complexity index is 259. The van der Waals surface area contributed by atoms with E-state index < -0.39 is 0 Å². The van der Waals surface area contributed by atoms with E-state index in [1.54, 1.807) is 0 Å². The van der Waals surface area contributed by atoms with Gasteiger partial charge in [-0.25, -0.2) is 0 Å². The van der Waals surface area contributed by atoms with Gasteiger partial charge in [0.05, 0.1) is 5.69 Å². The van der Waals surface area contributed by atoms with Crippen LogP contribution in [-0.2, 0) is 6.54 Å². The molecule has 1 heterocycles. The van der Waals surface area contributed by atoms with Gasteiger partial charge in [-0.3, -0.25) is 4.98 Å². The van der Waals surface area contributed by atoms with Crippen LogP contribution in [0.15, 0.2) is 22.8 Å². The number of hydrogen-bond acceptors (Lipinski definition) is 3. The van der Waals surface area contributed by atoms with Gasteiger partial charge in [0.15, 0.2) is 0 Å². The third-order valence-electron chi connectivity index (χ3n) is 1.83. The fraction of sp³-hybridized carbons (Fsp3) is 0.500. The molecule has 78 valence electrons. The summed E-state index contributed by atoms with van der Waals surface area (Å²) in [6.07, 6.45) is 1.82. The fourth-order valence-electron chi connectivity index (χ4n) is 1.03. The van der Waals surface area contributed by atoms with Crippen molar-refractivity contribution in [2.75, 3.05) is 27.2 Å². The number of hydrogen-bond donors (Lipinski definition) is 1. The summed E-state index contributed by atoms with van der Waals surface area (Å²) >= 11 is 3.36. The van der Waals surface area contributed by atoms with Gasteiger partial charge in [-0.2, -0.15) is 0 Å². The number of halogens is 1. The summed E-state index contributed by atoms with van der Waals surface area (Å²) in [4.78, 5) is 6.43. The zero-order valence-corrected chi connectivity index (χ0v) is 10.2. The SMILES string of the molecule is CN(C)CCNCc1ccc(Br)cn1. The smallest absolute Gasteiger partial charge is 0.0542 e. The Kier molecular flexibility index (Phi) is 5.07. The Balaban J connectivity index is 2.21. The Morgan fingerprint density at radius 1 is 1.43 bits per heavy atom. The molecule has 14 heavy (non-hydrogen) atoms. The van der Waals surface area contributed by atoms with E-state index in [0.717, 1.165) is 29.8 Å². The molecule has 0 aliphatic heterocycles. The van der Waals surface area contributed by atoms with Crippen LogP contribution >= 0.6 is 15.9 Å². The minimum absolute atomic E-state index is 0.834. The van der Waals surface area contributed by atoms with Gasteiger partial charge < -0.3 is 10.2 Å². The first-order valence-electron chi connectivity index (χ1n) is 4.64. The molecule has 0 unspecified atom stereocenters. The lowest BCUT2D eigenvalue weighted by molar-refractivity contribution is 0.399.